The number of benzene rings is 2. The first kappa shape index (κ1) is 18.7. The summed E-state index contributed by atoms with van der Waals surface area (Å²) in [5.74, 6) is -0.927. The second-order valence-electron chi connectivity index (χ2n) is 6.57. The summed E-state index contributed by atoms with van der Waals surface area (Å²) in [5, 5.41) is 20.9. The maximum Gasteiger partial charge on any atom is 0.336 e. The van der Waals surface area contributed by atoms with Gasteiger partial charge in [0.2, 0.25) is 0 Å². The molecule has 2 aromatic carbocycles. The molecule has 0 saturated carbocycles. The average molecular weight is 366 g/mol. The van der Waals surface area contributed by atoms with Gasteiger partial charge in [-0.2, -0.15) is 0 Å². The van der Waals surface area contributed by atoms with Crippen molar-refractivity contribution in [1.29, 1.82) is 0 Å². The smallest absolute Gasteiger partial charge is 0.336 e. The molecule has 0 amide bonds. The Morgan fingerprint density at radius 2 is 1.74 bits per heavy atom. The molecule has 2 N–H and O–H groups in total. The topological polar surface area (TPSA) is 87.7 Å². The van der Waals surface area contributed by atoms with Crippen molar-refractivity contribution in [1.82, 2.24) is 0 Å². The summed E-state index contributed by atoms with van der Waals surface area (Å²) < 4.78 is 5.27. The first-order valence-corrected chi connectivity index (χ1v) is 9.14. The predicted octanol–water partition coefficient (Wildman–Crippen LogP) is 5.02. The molecule has 5 heteroatoms. The van der Waals surface area contributed by atoms with Crippen LogP contribution in [-0.4, -0.2) is 16.0 Å². The van der Waals surface area contributed by atoms with E-state index in [1.165, 1.54) is 6.07 Å². The van der Waals surface area contributed by atoms with Gasteiger partial charge in [-0.25, -0.2) is 4.79 Å². The van der Waals surface area contributed by atoms with Gasteiger partial charge in [0.15, 0.2) is 11.4 Å². The van der Waals surface area contributed by atoms with Crippen LogP contribution in [0.25, 0.3) is 22.1 Å². The van der Waals surface area contributed by atoms with Gasteiger partial charge >= 0.3 is 5.63 Å². The van der Waals surface area contributed by atoms with E-state index in [2.05, 4.69) is 6.92 Å². The summed E-state index contributed by atoms with van der Waals surface area (Å²) in [6, 6.07) is 11.5. The summed E-state index contributed by atoms with van der Waals surface area (Å²) in [6.45, 7) is 2.08. The minimum absolute atomic E-state index is 0.0471. The van der Waals surface area contributed by atoms with Crippen LogP contribution in [-0.2, 0) is 0 Å². The fourth-order valence-electron chi connectivity index (χ4n) is 3.27. The summed E-state index contributed by atoms with van der Waals surface area (Å²) in [6.07, 6.45) is 3.93. The van der Waals surface area contributed by atoms with E-state index < -0.39 is 5.63 Å². The van der Waals surface area contributed by atoms with E-state index in [9.17, 15) is 19.8 Å². The summed E-state index contributed by atoms with van der Waals surface area (Å²) >= 11 is 0. The molecule has 0 bridgehead atoms. The van der Waals surface area contributed by atoms with Gasteiger partial charge in [0, 0.05) is 24.1 Å². The number of rotatable bonds is 7. The van der Waals surface area contributed by atoms with Crippen molar-refractivity contribution >= 4 is 16.8 Å². The van der Waals surface area contributed by atoms with Crippen LogP contribution in [0.15, 0.2) is 51.7 Å². The molecule has 0 atom stereocenters. The standard InChI is InChI=1S/C22H22O5/c1-2-3-4-8-11-16(23)21-18(25)13-17(24)20-15(12-19(26)27-22(20)21)14-9-6-5-7-10-14/h5-7,9-10,12-13,24-25H,2-4,8,11H2,1H3. The lowest BCUT2D eigenvalue weighted by molar-refractivity contribution is 0.0977. The molecule has 0 saturated heterocycles. The second-order valence-corrected chi connectivity index (χ2v) is 6.57. The monoisotopic (exact) mass is 366 g/mol. The maximum absolute atomic E-state index is 12.7. The fraction of sp³-hybridized carbons (Fsp3) is 0.273. The normalized spacial score (nSPS) is 11.0. The highest BCUT2D eigenvalue weighted by molar-refractivity contribution is 6.12. The summed E-state index contributed by atoms with van der Waals surface area (Å²) in [5.41, 5.74) is 0.400. The lowest BCUT2D eigenvalue weighted by atomic mass is 9.96. The van der Waals surface area contributed by atoms with E-state index in [-0.39, 0.29) is 40.2 Å². The zero-order valence-corrected chi connectivity index (χ0v) is 15.2. The van der Waals surface area contributed by atoms with Gasteiger partial charge in [-0.1, -0.05) is 56.5 Å². The van der Waals surface area contributed by atoms with E-state index in [0.717, 1.165) is 25.3 Å². The number of phenols is 2. The largest absolute Gasteiger partial charge is 0.507 e. The molecule has 0 unspecified atom stereocenters. The molecule has 0 spiro atoms. The Kier molecular flexibility index (Phi) is 5.60. The van der Waals surface area contributed by atoms with Gasteiger partial charge in [0.05, 0.1) is 5.39 Å². The number of fused-ring (bicyclic) bond motifs is 1. The van der Waals surface area contributed by atoms with Crippen LogP contribution in [0.2, 0.25) is 0 Å². The van der Waals surface area contributed by atoms with Gasteiger partial charge in [-0.05, 0) is 12.0 Å². The lowest BCUT2D eigenvalue weighted by Crippen LogP contribution is -2.05. The number of ketones is 1. The van der Waals surface area contributed by atoms with E-state index in [1.54, 1.807) is 12.1 Å². The van der Waals surface area contributed by atoms with Crippen LogP contribution in [0.4, 0.5) is 0 Å². The van der Waals surface area contributed by atoms with E-state index in [0.29, 0.717) is 17.5 Å². The molecule has 3 rings (SSSR count). The number of hydrogen-bond donors (Lipinski definition) is 2. The third-order valence-electron chi connectivity index (χ3n) is 4.60. The van der Waals surface area contributed by atoms with Crippen LogP contribution >= 0.6 is 0 Å². The SMILES string of the molecule is CCCCCCC(=O)c1c(O)cc(O)c2c(-c3ccccc3)cc(=O)oc12. The van der Waals surface area contributed by atoms with Crippen LogP contribution in [0, 0.1) is 0 Å². The Morgan fingerprint density at radius 3 is 2.44 bits per heavy atom. The molecule has 0 aliphatic heterocycles. The Hall–Kier alpha value is -3.08. The minimum Gasteiger partial charge on any atom is -0.507 e. The highest BCUT2D eigenvalue weighted by atomic mass is 16.4. The van der Waals surface area contributed by atoms with E-state index in [1.807, 2.05) is 18.2 Å². The third-order valence-corrected chi connectivity index (χ3v) is 4.60. The van der Waals surface area contributed by atoms with Crippen LogP contribution in [0.1, 0.15) is 49.4 Å². The average Bonchev–Trinajstić information content (AvgIpc) is 2.65. The molecule has 140 valence electrons. The molecular weight excluding hydrogens is 344 g/mol. The highest BCUT2D eigenvalue weighted by Crippen LogP contribution is 2.40. The molecule has 27 heavy (non-hydrogen) atoms. The number of aromatic hydroxyl groups is 2. The molecule has 3 aromatic rings. The van der Waals surface area contributed by atoms with Crippen molar-refractivity contribution in [2.45, 2.75) is 39.0 Å². The number of phenolic OH excluding ortho intramolecular Hbond substituents is 2. The van der Waals surface area contributed by atoms with E-state index in [4.69, 9.17) is 4.42 Å². The second kappa shape index (κ2) is 8.08. The number of unbranched alkanes of at least 4 members (excludes halogenated alkanes) is 3. The molecule has 0 fully saturated rings. The quantitative estimate of drug-likeness (QED) is 0.348. The van der Waals surface area contributed by atoms with Crippen molar-refractivity contribution in [3.8, 4) is 22.6 Å². The highest BCUT2D eigenvalue weighted by Gasteiger charge is 2.23. The number of carbonyl (C=O) groups excluding carboxylic acids is 1. The lowest BCUT2D eigenvalue weighted by Gasteiger charge is -2.12. The first-order chi connectivity index (χ1) is 13.0. The molecule has 0 radical (unpaired) electrons. The summed E-state index contributed by atoms with van der Waals surface area (Å²) in [4.78, 5) is 24.8. The van der Waals surface area contributed by atoms with Gasteiger partial charge < -0.3 is 14.6 Å². The molecule has 1 aromatic heterocycles. The molecule has 1 heterocycles. The Morgan fingerprint density at radius 1 is 1.00 bits per heavy atom. The van der Waals surface area contributed by atoms with Crippen molar-refractivity contribution < 1.29 is 19.4 Å². The number of carbonyl (C=O) groups is 1. The predicted molar refractivity (Wildman–Crippen MR) is 104 cm³/mol. The van der Waals surface area contributed by atoms with Gasteiger partial charge in [0.1, 0.15) is 17.1 Å². The zero-order valence-electron chi connectivity index (χ0n) is 15.2. The zero-order chi connectivity index (χ0) is 19.4. The van der Waals surface area contributed by atoms with Crippen molar-refractivity contribution in [2.24, 2.45) is 0 Å². The Bertz CT molecular complexity index is 1020. The maximum atomic E-state index is 12.7. The molecule has 5 nitrogen and oxygen atoms in total. The first-order valence-electron chi connectivity index (χ1n) is 9.14. The van der Waals surface area contributed by atoms with Crippen LogP contribution in [0.5, 0.6) is 11.5 Å². The minimum atomic E-state index is -0.647. The number of Topliss-reactive ketones (excluding diaryl/α,β-unsaturated/α-hetero) is 1. The molecule has 0 aliphatic carbocycles. The summed E-state index contributed by atoms with van der Waals surface area (Å²) in [7, 11) is 0. The Balaban J connectivity index is 2.17. The third kappa shape index (κ3) is 3.87. The fourth-order valence-corrected chi connectivity index (χ4v) is 3.27. The van der Waals surface area contributed by atoms with Crippen LogP contribution in [0.3, 0.4) is 0 Å². The number of hydrogen-bond acceptors (Lipinski definition) is 5. The van der Waals surface area contributed by atoms with Crippen LogP contribution < -0.4 is 5.63 Å². The van der Waals surface area contributed by atoms with Gasteiger partial charge in [0.25, 0.3) is 0 Å². The van der Waals surface area contributed by atoms with E-state index >= 15 is 0 Å². The van der Waals surface area contributed by atoms with Gasteiger partial charge in [-0.3, -0.25) is 4.79 Å². The van der Waals surface area contributed by atoms with Crippen molar-refractivity contribution in [2.75, 3.05) is 0 Å². The molecule has 0 aliphatic rings. The van der Waals surface area contributed by atoms with Crippen molar-refractivity contribution in [3.05, 3.63) is 58.4 Å². The molecular formula is C22H22O5. The van der Waals surface area contributed by atoms with Crippen molar-refractivity contribution in [3.63, 3.8) is 0 Å². The Labute approximate surface area is 156 Å². The van der Waals surface area contributed by atoms with Gasteiger partial charge in [-0.15, -0.1) is 0 Å².